The number of hydrogen-bond donors (Lipinski definition) is 0. The molecule has 1 aromatic carbocycles. The van der Waals surface area contributed by atoms with Crippen molar-refractivity contribution in [3.63, 3.8) is 0 Å². The molecule has 0 fully saturated rings. The lowest BCUT2D eigenvalue weighted by atomic mass is 9.74. The van der Waals surface area contributed by atoms with E-state index in [1.54, 1.807) is 24.3 Å². The Morgan fingerprint density at radius 2 is 1.74 bits per heavy atom. The number of ether oxygens (including phenoxy) is 1. The fourth-order valence-corrected chi connectivity index (χ4v) is 8.83. The molecule has 216 valence electrons. The van der Waals surface area contributed by atoms with Gasteiger partial charge in [-0.1, -0.05) is 57.2 Å². The minimum absolute atomic E-state index is 0.00531. The van der Waals surface area contributed by atoms with Crippen molar-refractivity contribution >= 4 is 24.1 Å². The summed E-state index contributed by atoms with van der Waals surface area (Å²) in [4.78, 5) is 12.7. The molecule has 0 radical (unpaired) electrons. The number of esters is 1. The molecule has 0 aromatic heterocycles. The minimum Gasteiger partial charge on any atom is -0.547 e. The van der Waals surface area contributed by atoms with Crippen LogP contribution in [0.25, 0.3) is 0 Å². The fraction of sp³-hybridized carbons (Fsp3) is 0.594. The van der Waals surface area contributed by atoms with E-state index in [0.717, 1.165) is 48.2 Å². The Bertz CT molecular complexity index is 1220. The quantitative estimate of drug-likeness (QED) is 0.170. The first-order chi connectivity index (χ1) is 18.1. The molecule has 5 nitrogen and oxygen atoms in total. The highest BCUT2D eigenvalue weighted by Gasteiger charge is 2.48. The van der Waals surface area contributed by atoms with E-state index in [-0.39, 0.29) is 15.9 Å². The molecule has 0 bridgehead atoms. The summed E-state index contributed by atoms with van der Waals surface area (Å²) in [5.74, 6) is 0.104. The summed E-state index contributed by atoms with van der Waals surface area (Å²) in [7, 11) is -6.09. The first-order valence-corrected chi connectivity index (χ1v) is 18.7. The van der Waals surface area contributed by atoms with E-state index in [4.69, 9.17) is 9.16 Å². The molecule has 1 aromatic rings. The maximum Gasteiger partial charge on any atom is 0.303 e. The standard InChI is InChI=1S/C32H48O5SSi/c1-22(2)26-20-28(23(3)29(21-26)37-39(8,9)32(5,6)7)31(38(34,35)27-18-14-11-15-19-27)30(36-24(4)33)25-16-12-10-13-17-25/h11,14-16,18-19,26,28,30-31H,1,10,12-13,17,20-21H2,2-9H3/t26-,28-,30?,31?/m1/s1. The van der Waals surface area contributed by atoms with Crippen LogP contribution in [0.5, 0.6) is 0 Å². The predicted octanol–water partition coefficient (Wildman–Crippen LogP) is 8.16. The first kappa shape index (κ1) is 31.4. The van der Waals surface area contributed by atoms with E-state index < -0.39 is 41.4 Å². The van der Waals surface area contributed by atoms with Gasteiger partial charge >= 0.3 is 5.97 Å². The van der Waals surface area contributed by atoms with Crippen LogP contribution < -0.4 is 0 Å². The number of hydrogen-bond acceptors (Lipinski definition) is 5. The molecule has 2 unspecified atom stereocenters. The second-order valence-electron chi connectivity index (χ2n) is 12.9. The van der Waals surface area contributed by atoms with Crippen molar-refractivity contribution in [2.75, 3.05) is 0 Å². The average Bonchev–Trinajstić information content (AvgIpc) is 2.85. The number of allylic oxidation sites excluding steroid dienone is 4. The van der Waals surface area contributed by atoms with Crippen molar-refractivity contribution in [2.24, 2.45) is 11.8 Å². The van der Waals surface area contributed by atoms with Crippen LogP contribution in [0, 0.1) is 11.8 Å². The lowest BCUT2D eigenvalue weighted by Crippen LogP contribution is -2.47. The van der Waals surface area contributed by atoms with Gasteiger partial charge in [0.15, 0.2) is 9.84 Å². The molecular weight excluding hydrogens is 525 g/mol. The zero-order valence-electron chi connectivity index (χ0n) is 25.2. The molecule has 39 heavy (non-hydrogen) atoms. The van der Waals surface area contributed by atoms with E-state index in [2.05, 4.69) is 46.5 Å². The summed E-state index contributed by atoms with van der Waals surface area (Å²) >= 11 is 0. The van der Waals surface area contributed by atoms with Crippen LogP contribution >= 0.6 is 0 Å². The van der Waals surface area contributed by atoms with Gasteiger partial charge in [0, 0.05) is 19.3 Å². The van der Waals surface area contributed by atoms with Gasteiger partial charge in [-0.2, -0.15) is 0 Å². The summed E-state index contributed by atoms with van der Waals surface area (Å²) in [6.07, 6.45) is 6.16. The van der Waals surface area contributed by atoms with Crippen LogP contribution in [-0.2, 0) is 23.8 Å². The van der Waals surface area contributed by atoms with Gasteiger partial charge in [-0.3, -0.25) is 4.79 Å². The van der Waals surface area contributed by atoms with Crippen LogP contribution in [0.3, 0.4) is 0 Å². The molecule has 0 spiro atoms. The second kappa shape index (κ2) is 12.2. The van der Waals surface area contributed by atoms with E-state index in [1.807, 2.05) is 19.9 Å². The van der Waals surface area contributed by atoms with Crippen LogP contribution in [0.15, 0.2) is 70.4 Å². The summed E-state index contributed by atoms with van der Waals surface area (Å²) in [5, 5.41) is -0.970. The van der Waals surface area contributed by atoms with Gasteiger partial charge in [0.2, 0.25) is 8.32 Å². The molecule has 0 saturated heterocycles. The lowest BCUT2D eigenvalue weighted by molar-refractivity contribution is -0.145. The van der Waals surface area contributed by atoms with E-state index in [0.29, 0.717) is 12.8 Å². The van der Waals surface area contributed by atoms with E-state index in [9.17, 15) is 13.2 Å². The third kappa shape index (κ3) is 7.15. The zero-order chi connectivity index (χ0) is 29.2. The molecule has 4 atom stereocenters. The van der Waals surface area contributed by atoms with E-state index in [1.165, 1.54) is 6.92 Å². The molecular formula is C32H48O5SSi. The largest absolute Gasteiger partial charge is 0.547 e. The summed E-state index contributed by atoms with van der Waals surface area (Å²) in [6, 6.07) is 8.60. The van der Waals surface area contributed by atoms with Gasteiger partial charge in [0.25, 0.3) is 0 Å². The molecule has 3 rings (SSSR count). The van der Waals surface area contributed by atoms with Gasteiger partial charge in [-0.15, -0.1) is 0 Å². The van der Waals surface area contributed by atoms with Gasteiger partial charge in [0.05, 0.1) is 10.7 Å². The van der Waals surface area contributed by atoms with E-state index >= 15 is 0 Å². The van der Waals surface area contributed by atoms with Crippen molar-refractivity contribution in [2.45, 2.75) is 114 Å². The molecule has 0 saturated carbocycles. The maximum absolute atomic E-state index is 14.6. The number of sulfone groups is 1. The van der Waals surface area contributed by atoms with Crippen LogP contribution in [0.4, 0.5) is 0 Å². The molecule has 2 aliphatic rings. The normalized spacial score (nSPS) is 22.5. The topological polar surface area (TPSA) is 69.7 Å². The van der Waals surface area contributed by atoms with Crippen molar-refractivity contribution < 1.29 is 22.4 Å². The van der Waals surface area contributed by atoms with Crippen molar-refractivity contribution in [3.8, 4) is 0 Å². The molecule has 7 heteroatoms. The molecule has 0 aliphatic heterocycles. The maximum atomic E-state index is 14.6. The molecule has 2 aliphatic carbocycles. The van der Waals surface area contributed by atoms with Crippen molar-refractivity contribution in [1.29, 1.82) is 0 Å². The second-order valence-corrected chi connectivity index (χ2v) is 19.8. The third-order valence-electron chi connectivity index (χ3n) is 8.96. The van der Waals surface area contributed by atoms with Crippen molar-refractivity contribution in [1.82, 2.24) is 0 Å². The SMILES string of the molecule is C=C(C)[C@H]1CC(O[Si](C)(C)C(C)(C)C)=C(C)[C@H](C(C(OC(C)=O)C2=CCCCC2)S(=O)(=O)c2ccccc2)C1. The van der Waals surface area contributed by atoms with Gasteiger partial charge in [-0.05, 0) is 93.3 Å². The van der Waals surface area contributed by atoms with Crippen LogP contribution in [0.1, 0.15) is 80.1 Å². The highest BCUT2D eigenvalue weighted by molar-refractivity contribution is 7.92. The average molecular weight is 573 g/mol. The molecule has 0 heterocycles. The highest BCUT2D eigenvalue weighted by atomic mass is 32.2. The lowest BCUT2D eigenvalue weighted by Gasteiger charge is -2.44. The van der Waals surface area contributed by atoms with Crippen molar-refractivity contribution in [3.05, 3.63) is 65.5 Å². The predicted molar refractivity (Wildman–Crippen MR) is 162 cm³/mol. The molecule has 0 amide bonds. The molecule has 0 N–H and O–H groups in total. The monoisotopic (exact) mass is 572 g/mol. The smallest absolute Gasteiger partial charge is 0.303 e. The van der Waals surface area contributed by atoms with Gasteiger partial charge < -0.3 is 9.16 Å². The summed E-state index contributed by atoms with van der Waals surface area (Å²) in [6.45, 7) is 20.7. The number of rotatable bonds is 9. The highest BCUT2D eigenvalue weighted by Crippen LogP contribution is 2.47. The summed E-state index contributed by atoms with van der Waals surface area (Å²) < 4.78 is 42.0. The zero-order valence-corrected chi connectivity index (χ0v) is 27.0. The van der Waals surface area contributed by atoms with Crippen LogP contribution in [0.2, 0.25) is 18.1 Å². The van der Waals surface area contributed by atoms with Gasteiger partial charge in [0.1, 0.15) is 11.4 Å². The minimum atomic E-state index is -3.90. The Balaban J connectivity index is 2.26. The fourth-order valence-electron chi connectivity index (χ4n) is 5.51. The number of carbonyl (C=O) groups excluding carboxylic acids is 1. The number of benzene rings is 1. The number of carbonyl (C=O) groups is 1. The third-order valence-corrected chi connectivity index (χ3v) is 15.5. The van der Waals surface area contributed by atoms with Gasteiger partial charge in [-0.25, -0.2) is 8.42 Å². The Morgan fingerprint density at radius 3 is 2.26 bits per heavy atom. The van der Waals surface area contributed by atoms with Crippen LogP contribution in [-0.4, -0.2) is 34.1 Å². The Labute approximate surface area is 237 Å². The Hall–Kier alpha value is -2.12. The summed E-state index contributed by atoms with van der Waals surface area (Å²) in [5.41, 5.74) is 2.88. The first-order valence-electron chi connectivity index (χ1n) is 14.3. The Morgan fingerprint density at radius 1 is 1.10 bits per heavy atom. The Kier molecular flexibility index (Phi) is 9.80.